The smallest absolute Gasteiger partial charge is 0.191 e. The maximum Gasteiger partial charge on any atom is 0.191 e. The molecule has 23 heavy (non-hydrogen) atoms. The van der Waals surface area contributed by atoms with E-state index in [1.165, 1.54) is 31.5 Å². The highest BCUT2D eigenvalue weighted by atomic mass is 127. The van der Waals surface area contributed by atoms with Gasteiger partial charge in [0.2, 0.25) is 0 Å². The highest BCUT2D eigenvalue weighted by Gasteiger charge is 2.21. The number of hydrogen-bond acceptors (Lipinski definition) is 3. The topological polar surface area (TPSA) is 48.9 Å². The molecule has 0 unspecified atom stereocenters. The van der Waals surface area contributed by atoms with Crippen LogP contribution in [0.1, 0.15) is 39.5 Å². The molecular formula is C17H33IN4O. The van der Waals surface area contributed by atoms with Gasteiger partial charge in [-0.1, -0.05) is 11.6 Å². The van der Waals surface area contributed by atoms with E-state index in [1.54, 1.807) is 0 Å². The molecule has 0 aromatic heterocycles. The maximum atomic E-state index is 5.34. The number of likely N-dealkylation sites (tertiary alicyclic amines) is 1. The van der Waals surface area contributed by atoms with Crippen LogP contribution in [-0.2, 0) is 4.74 Å². The summed E-state index contributed by atoms with van der Waals surface area (Å²) in [4.78, 5) is 6.90. The fraction of sp³-hybridized carbons (Fsp3) is 0.824. The molecule has 0 amide bonds. The van der Waals surface area contributed by atoms with Gasteiger partial charge in [-0.3, -0.25) is 4.99 Å². The molecule has 1 saturated heterocycles. The van der Waals surface area contributed by atoms with Gasteiger partial charge in [-0.05, 0) is 39.5 Å². The van der Waals surface area contributed by atoms with Crippen LogP contribution in [0.3, 0.4) is 0 Å². The SMILES string of the molecule is CN=C(NCCC1=CCOCC1)NC1CCN(C(C)C)CC1.I. The summed E-state index contributed by atoms with van der Waals surface area (Å²) >= 11 is 0. The zero-order valence-corrected chi connectivity index (χ0v) is 17.1. The summed E-state index contributed by atoms with van der Waals surface area (Å²) in [6.07, 6.45) is 6.75. The largest absolute Gasteiger partial charge is 0.377 e. The molecule has 5 nitrogen and oxygen atoms in total. The Hall–Kier alpha value is -0.340. The summed E-state index contributed by atoms with van der Waals surface area (Å²) < 4.78 is 5.34. The molecule has 2 heterocycles. The third-order valence-electron chi connectivity index (χ3n) is 4.62. The van der Waals surface area contributed by atoms with Gasteiger partial charge >= 0.3 is 0 Å². The third-order valence-corrected chi connectivity index (χ3v) is 4.62. The summed E-state index contributed by atoms with van der Waals surface area (Å²) in [5, 5.41) is 7.01. The van der Waals surface area contributed by atoms with Crippen molar-refractivity contribution in [3.63, 3.8) is 0 Å². The highest BCUT2D eigenvalue weighted by Crippen LogP contribution is 2.13. The van der Waals surface area contributed by atoms with Crippen LogP contribution in [0.4, 0.5) is 0 Å². The standard InChI is InChI=1S/C17H32N4O.HI/c1-14(2)21-10-5-16(6-11-21)20-17(18-3)19-9-4-15-7-12-22-13-8-15;/h7,14,16H,4-6,8-13H2,1-3H3,(H2,18,19,20);1H. The number of nitrogens with one attached hydrogen (secondary N) is 2. The van der Waals surface area contributed by atoms with Gasteiger partial charge in [-0.25, -0.2) is 0 Å². The van der Waals surface area contributed by atoms with Crippen LogP contribution in [-0.4, -0.2) is 62.8 Å². The van der Waals surface area contributed by atoms with Crippen molar-refractivity contribution in [1.29, 1.82) is 0 Å². The molecule has 0 atom stereocenters. The van der Waals surface area contributed by atoms with E-state index in [0.717, 1.165) is 38.6 Å². The second-order valence-corrected chi connectivity index (χ2v) is 6.48. The van der Waals surface area contributed by atoms with Crippen LogP contribution in [0.25, 0.3) is 0 Å². The van der Waals surface area contributed by atoms with E-state index in [-0.39, 0.29) is 24.0 Å². The second kappa shape index (κ2) is 11.3. The van der Waals surface area contributed by atoms with Crippen LogP contribution in [0.5, 0.6) is 0 Å². The number of halogens is 1. The minimum atomic E-state index is 0. The van der Waals surface area contributed by atoms with Crippen LogP contribution in [0, 0.1) is 0 Å². The molecule has 134 valence electrons. The Balaban J connectivity index is 0.00000264. The van der Waals surface area contributed by atoms with Gasteiger partial charge < -0.3 is 20.3 Å². The second-order valence-electron chi connectivity index (χ2n) is 6.48. The maximum absolute atomic E-state index is 5.34. The summed E-state index contributed by atoms with van der Waals surface area (Å²) in [7, 11) is 1.85. The fourth-order valence-electron chi connectivity index (χ4n) is 3.08. The average Bonchev–Trinajstić information content (AvgIpc) is 2.55. The van der Waals surface area contributed by atoms with E-state index < -0.39 is 0 Å². The lowest BCUT2D eigenvalue weighted by Crippen LogP contribution is -2.50. The van der Waals surface area contributed by atoms with Crippen molar-refractivity contribution in [2.24, 2.45) is 4.99 Å². The number of rotatable bonds is 5. The first kappa shape index (κ1) is 20.7. The zero-order valence-electron chi connectivity index (χ0n) is 14.8. The van der Waals surface area contributed by atoms with E-state index in [0.29, 0.717) is 12.1 Å². The first-order chi connectivity index (χ1) is 10.7. The van der Waals surface area contributed by atoms with Gasteiger partial charge in [0.05, 0.1) is 13.2 Å². The minimum Gasteiger partial charge on any atom is -0.377 e. The summed E-state index contributed by atoms with van der Waals surface area (Å²) in [5.41, 5.74) is 1.50. The van der Waals surface area contributed by atoms with E-state index >= 15 is 0 Å². The number of hydrogen-bond donors (Lipinski definition) is 2. The Morgan fingerprint density at radius 1 is 1.39 bits per heavy atom. The monoisotopic (exact) mass is 436 g/mol. The Kier molecular flexibility index (Phi) is 10.1. The molecule has 6 heteroatoms. The Morgan fingerprint density at radius 2 is 2.13 bits per heavy atom. The number of nitrogens with zero attached hydrogens (tertiary/aromatic N) is 2. The van der Waals surface area contributed by atoms with Gasteiger partial charge in [-0.15, -0.1) is 24.0 Å². The van der Waals surface area contributed by atoms with Crippen LogP contribution >= 0.6 is 24.0 Å². The predicted octanol–water partition coefficient (Wildman–Crippen LogP) is 2.38. The molecule has 0 aromatic rings. The summed E-state index contributed by atoms with van der Waals surface area (Å²) in [6, 6.07) is 1.20. The van der Waals surface area contributed by atoms with Gasteiger partial charge in [-0.2, -0.15) is 0 Å². The van der Waals surface area contributed by atoms with Crippen LogP contribution in [0.15, 0.2) is 16.6 Å². The van der Waals surface area contributed by atoms with Crippen LogP contribution in [0.2, 0.25) is 0 Å². The van der Waals surface area contributed by atoms with Gasteiger partial charge in [0.25, 0.3) is 0 Å². The lowest BCUT2D eigenvalue weighted by Gasteiger charge is -2.35. The number of guanidine groups is 1. The highest BCUT2D eigenvalue weighted by molar-refractivity contribution is 14.0. The van der Waals surface area contributed by atoms with Crippen LogP contribution < -0.4 is 10.6 Å². The molecule has 0 bridgehead atoms. The molecular weight excluding hydrogens is 403 g/mol. The summed E-state index contributed by atoms with van der Waals surface area (Å²) in [5.74, 6) is 0.940. The molecule has 0 saturated carbocycles. The Morgan fingerprint density at radius 3 is 2.70 bits per heavy atom. The van der Waals surface area contributed by atoms with Crippen molar-refractivity contribution in [3.8, 4) is 0 Å². The number of ether oxygens (including phenoxy) is 1. The van der Waals surface area contributed by atoms with Crippen molar-refractivity contribution in [1.82, 2.24) is 15.5 Å². The van der Waals surface area contributed by atoms with Crippen molar-refractivity contribution in [3.05, 3.63) is 11.6 Å². The van der Waals surface area contributed by atoms with Crippen molar-refractivity contribution in [2.45, 2.75) is 51.6 Å². The molecule has 0 aromatic carbocycles. The van der Waals surface area contributed by atoms with E-state index in [9.17, 15) is 0 Å². The van der Waals surface area contributed by atoms with E-state index in [1.807, 2.05) is 7.05 Å². The molecule has 1 fully saturated rings. The Labute approximate surface area is 158 Å². The van der Waals surface area contributed by atoms with Crippen molar-refractivity contribution in [2.75, 3.05) is 39.9 Å². The van der Waals surface area contributed by atoms with Gasteiger partial charge in [0.1, 0.15) is 0 Å². The quantitative estimate of drug-likeness (QED) is 0.301. The predicted molar refractivity (Wildman–Crippen MR) is 108 cm³/mol. The first-order valence-electron chi connectivity index (χ1n) is 8.66. The average molecular weight is 436 g/mol. The first-order valence-corrected chi connectivity index (χ1v) is 8.66. The van der Waals surface area contributed by atoms with E-state index in [2.05, 4.69) is 40.4 Å². The molecule has 2 aliphatic rings. The summed E-state index contributed by atoms with van der Waals surface area (Å²) in [6.45, 7) is 9.50. The van der Waals surface area contributed by atoms with Gasteiger partial charge in [0, 0.05) is 38.8 Å². The molecule has 0 aliphatic carbocycles. The zero-order chi connectivity index (χ0) is 15.8. The van der Waals surface area contributed by atoms with Gasteiger partial charge in [0.15, 0.2) is 5.96 Å². The molecule has 0 radical (unpaired) electrons. The number of piperidine rings is 1. The fourth-order valence-corrected chi connectivity index (χ4v) is 3.08. The number of aliphatic imine (C=N–C) groups is 1. The van der Waals surface area contributed by atoms with Crippen molar-refractivity contribution < 1.29 is 4.74 Å². The third kappa shape index (κ3) is 7.39. The normalized spacial score (nSPS) is 20.9. The minimum absolute atomic E-state index is 0. The molecule has 2 rings (SSSR count). The lowest BCUT2D eigenvalue weighted by atomic mass is 10.0. The molecule has 2 N–H and O–H groups in total. The van der Waals surface area contributed by atoms with E-state index in [4.69, 9.17) is 4.74 Å². The Bertz CT molecular complexity index is 390. The lowest BCUT2D eigenvalue weighted by molar-refractivity contribution is 0.153. The molecule has 0 spiro atoms. The molecule has 2 aliphatic heterocycles. The van der Waals surface area contributed by atoms with Crippen molar-refractivity contribution >= 4 is 29.9 Å².